The predicted molar refractivity (Wildman–Crippen MR) is 100 cm³/mol. The van der Waals surface area contributed by atoms with E-state index in [1.165, 1.54) is 12.1 Å². The van der Waals surface area contributed by atoms with E-state index in [4.69, 9.17) is 4.52 Å². The van der Waals surface area contributed by atoms with Gasteiger partial charge in [-0.2, -0.15) is 0 Å². The number of hydrogen-bond donors (Lipinski definition) is 1. The molecule has 0 spiro atoms. The minimum Gasteiger partial charge on any atom is -0.321 e. The highest BCUT2D eigenvalue weighted by molar-refractivity contribution is 9.10. The Bertz CT molecular complexity index is 739. The molecular weight excluding hydrogens is 414 g/mol. The maximum atomic E-state index is 12.9. The van der Waals surface area contributed by atoms with Gasteiger partial charge in [-0.25, -0.2) is 4.39 Å². The minimum absolute atomic E-state index is 0.258. The van der Waals surface area contributed by atoms with E-state index in [0.717, 1.165) is 10.5 Å². The number of benzene rings is 2. The number of rotatable bonds is 7. The lowest BCUT2D eigenvalue weighted by atomic mass is 10.2. The first-order valence-electron chi connectivity index (χ1n) is 7.50. The summed E-state index contributed by atoms with van der Waals surface area (Å²) in [4.78, 5) is 11.1. The molecule has 2 atom stereocenters. The summed E-state index contributed by atoms with van der Waals surface area (Å²) in [6, 6.07) is 11.5. The molecule has 0 bridgehead atoms. The molecule has 2 rings (SSSR count). The van der Waals surface area contributed by atoms with Crippen LogP contribution in [0.15, 0.2) is 51.8 Å². The van der Waals surface area contributed by atoms with Gasteiger partial charge in [0.05, 0.1) is 11.4 Å². The molecule has 0 saturated heterocycles. The van der Waals surface area contributed by atoms with Crippen LogP contribution in [0.3, 0.4) is 0 Å². The monoisotopic (exact) mass is 432 g/mol. The van der Waals surface area contributed by atoms with Gasteiger partial charge in [-0.1, -0.05) is 13.0 Å². The SMILES string of the molecule is CCC(C)OP(=O)(O)c1ccc(CSc2ccc(F)cc2)cc1Br. The van der Waals surface area contributed by atoms with Crippen LogP contribution in [0.25, 0.3) is 0 Å². The lowest BCUT2D eigenvalue weighted by Crippen LogP contribution is -2.14. The zero-order chi connectivity index (χ0) is 17.7. The summed E-state index contributed by atoms with van der Waals surface area (Å²) < 4.78 is 31.1. The second-order valence-electron chi connectivity index (χ2n) is 5.37. The Morgan fingerprint density at radius 2 is 1.96 bits per heavy atom. The van der Waals surface area contributed by atoms with Gasteiger partial charge >= 0.3 is 7.60 Å². The Balaban J connectivity index is 2.08. The van der Waals surface area contributed by atoms with Crippen LogP contribution in [0.4, 0.5) is 4.39 Å². The van der Waals surface area contributed by atoms with E-state index in [0.29, 0.717) is 16.6 Å². The molecule has 24 heavy (non-hydrogen) atoms. The van der Waals surface area contributed by atoms with Gasteiger partial charge in [0.2, 0.25) is 0 Å². The summed E-state index contributed by atoms with van der Waals surface area (Å²) in [5.74, 6) is 0.415. The lowest BCUT2D eigenvalue weighted by molar-refractivity contribution is 0.192. The van der Waals surface area contributed by atoms with Crippen LogP contribution in [0.2, 0.25) is 0 Å². The normalized spacial score (nSPS) is 15.0. The fraction of sp³-hybridized carbons (Fsp3) is 0.294. The molecule has 0 aliphatic rings. The van der Waals surface area contributed by atoms with Crippen molar-refractivity contribution in [3.05, 3.63) is 58.3 Å². The first kappa shape index (κ1) is 19.7. The number of thioether (sulfide) groups is 1. The van der Waals surface area contributed by atoms with E-state index < -0.39 is 7.60 Å². The van der Waals surface area contributed by atoms with Crippen LogP contribution < -0.4 is 5.30 Å². The summed E-state index contributed by atoms with van der Waals surface area (Å²) in [5, 5.41) is 0.262. The summed E-state index contributed by atoms with van der Waals surface area (Å²) in [5.41, 5.74) is 0.989. The molecule has 0 heterocycles. The molecular formula is C17H19BrFO3PS. The maximum Gasteiger partial charge on any atom is 0.360 e. The second kappa shape index (κ2) is 8.63. The van der Waals surface area contributed by atoms with Crippen molar-refractivity contribution < 1.29 is 18.4 Å². The van der Waals surface area contributed by atoms with Crippen molar-refractivity contribution in [3.63, 3.8) is 0 Å². The number of hydrogen-bond acceptors (Lipinski definition) is 3. The van der Waals surface area contributed by atoms with Crippen LogP contribution in [0.5, 0.6) is 0 Å². The van der Waals surface area contributed by atoms with E-state index in [9.17, 15) is 13.8 Å². The Morgan fingerprint density at radius 1 is 1.29 bits per heavy atom. The van der Waals surface area contributed by atoms with Crippen molar-refractivity contribution in [2.75, 3.05) is 0 Å². The van der Waals surface area contributed by atoms with E-state index >= 15 is 0 Å². The summed E-state index contributed by atoms with van der Waals surface area (Å²) >= 11 is 4.93. The average Bonchev–Trinajstić information content (AvgIpc) is 2.53. The fourth-order valence-corrected chi connectivity index (χ4v) is 5.23. The third kappa shape index (κ3) is 5.43. The van der Waals surface area contributed by atoms with Gasteiger partial charge in [0, 0.05) is 15.1 Å². The quantitative estimate of drug-likeness (QED) is 0.462. The second-order valence-corrected chi connectivity index (χ2v) is 9.01. The minimum atomic E-state index is -3.85. The largest absolute Gasteiger partial charge is 0.360 e. The standard InChI is InChI=1S/C17H19BrFO3PS/c1-3-12(2)22-23(20,21)17-9-4-13(10-16(17)18)11-24-15-7-5-14(19)6-8-15/h4-10,12H,3,11H2,1-2H3,(H,20,21). The molecule has 2 unspecified atom stereocenters. The Labute approximate surface area is 154 Å². The van der Waals surface area contributed by atoms with Gasteiger partial charge in [0.1, 0.15) is 5.82 Å². The zero-order valence-electron chi connectivity index (χ0n) is 13.4. The van der Waals surface area contributed by atoms with Crippen LogP contribution in [-0.2, 0) is 14.8 Å². The van der Waals surface area contributed by atoms with Crippen LogP contribution in [0.1, 0.15) is 25.8 Å². The zero-order valence-corrected chi connectivity index (χ0v) is 16.7. The molecule has 3 nitrogen and oxygen atoms in total. The molecule has 2 aromatic carbocycles. The van der Waals surface area contributed by atoms with E-state index in [1.54, 1.807) is 43.0 Å². The van der Waals surface area contributed by atoms with Crippen molar-refractivity contribution in [3.8, 4) is 0 Å². The highest BCUT2D eigenvalue weighted by Gasteiger charge is 2.27. The molecule has 0 saturated carbocycles. The van der Waals surface area contributed by atoms with Crippen LogP contribution >= 0.6 is 35.3 Å². The van der Waals surface area contributed by atoms with Crippen molar-refractivity contribution in [2.24, 2.45) is 0 Å². The summed E-state index contributed by atoms with van der Waals surface area (Å²) in [7, 11) is -3.85. The molecule has 2 aromatic rings. The van der Waals surface area contributed by atoms with Gasteiger partial charge in [0.15, 0.2) is 0 Å². The van der Waals surface area contributed by atoms with Crippen molar-refractivity contribution in [1.29, 1.82) is 0 Å². The van der Waals surface area contributed by atoms with Crippen molar-refractivity contribution in [2.45, 2.75) is 37.0 Å². The Kier molecular flexibility index (Phi) is 7.08. The molecule has 1 N–H and O–H groups in total. The predicted octanol–water partition coefficient (Wildman–Crippen LogP) is 5.51. The van der Waals surface area contributed by atoms with Gasteiger partial charge < -0.3 is 9.42 Å². The summed E-state index contributed by atoms with van der Waals surface area (Å²) in [6.45, 7) is 3.67. The van der Waals surface area contributed by atoms with Crippen LogP contribution in [-0.4, -0.2) is 11.0 Å². The van der Waals surface area contributed by atoms with Crippen LogP contribution in [0, 0.1) is 5.82 Å². The van der Waals surface area contributed by atoms with Gasteiger partial charge in [0.25, 0.3) is 0 Å². The molecule has 0 aliphatic carbocycles. The first-order valence-corrected chi connectivity index (χ1v) is 10.9. The Hall–Kier alpha value is -0.650. The summed E-state index contributed by atoms with van der Waals surface area (Å²) in [6.07, 6.45) is 0.371. The molecule has 0 radical (unpaired) electrons. The molecule has 0 fully saturated rings. The lowest BCUT2D eigenvalue weighted by Gasteiger charge is -2.18. The van der Waals surface area contributed by atoms with Crippen molar-refractivity contribution >= 4 is 40.6 Å². The van der Waals surface area contributed by atoms with Gasteiger partial charge in [-0.3, -0.25) is 4.57 Å². The van der Waals surface area contributed by atoms with Gasteiger partial charge in [-0.15, -0.1) is 11.8 Å². The smallest absolute Gasteiger partial charge is 0.321 e. The highest BCUT2D eigenvalue weighted by atomic mass is 79.9. The van der Waals surface area contributed by atoms with Gasteiger partial charge in [-0.05, 0) is 71.2 Å². The third-order valence-electron chi connectivity index (χ3n) is 3.43. The number of halogens is 2. The van der Waals surface area contributed by atoms with E-state index in [1.807, 2.05) is 13.0 Å². The maximum absolute atomic E-state index is 12.9. The Morgan fingerprint density at radius 3 is 2.54 bits per heavy atom. The average molecular weight is 433 g/mol. The van der Waals surface area contributed by atoms with Crippen molar-refractivity contribution in [1.82, 2.24) is 0 Å². The molecule has 0 amide bonds. The fourth-order valence-electron chi connectivity index (χ4n) is 1.94. The topological polar surface area (TPSA) is 46.5 Å². The molecule has 0 aliphatic heterocycles. The van der Waals surface area contributed by atoms with E-state index in [-0.39, 0.29) is 17.2 Å². The molecule has 130 valence electrons. The molecule has 0 aromatic heterocycles. The van der Waals surface area contributed by atoms with E-state index in [2.05, 4.69) is 15.9 Å². The highest BCUT2D eigenvalue weighted by Crippen LogP contribution is 2.45. The third-order valence-corrected chi connectivity index (χ3v) is 7.12. The molecule has 7 heteroatoms. The first-order chi connectivity index (χ1) is 11.3.